The van der Waals surface area contributed by atoms with Crippen LogP contribution < -0.4 is 4.74 Å². The minimum absolute atomic E-state index is 0.0443. The van der Waals surface area contributed by atoms with E-state index in [1.54, 1.807) is 0 Å². The molecule has 0 fully saturated rings. The van der Waals surface area contributed by atoms with Crippen LogP contribution in [0.2, 0.25) is 10.0 Å². The molecule has 0 radical (unpaired) electrons. The molecular formula is C17H13Cl2NO6. The molecule has 2 aromatic rings. The van der Waals surface area contributed by atoms with E-state index in [0.29, 0.717) is 5.02 Å². The highest BCUT2D eigenvalue weighted by molar-refractivity contribution is 6.35. The lowest BCUT2D eigenvalue weighted by molar-refractivity contribution is -0.385. The van der Waals surface area contributed by atoms with Crippen LogP contribution in [0.25, 0.3) is 0 Å². The number of nitrogens with zero attached hydrogens (tertiary/aromatic N) is 1. The third kappa shape index (κ3) is 4.72. The zero-order chi connectivity index (χ0) is 19.3. The van der Waals surface area contributed by atoms with Gasteiger partial charge < -0.3 is 14.9 Å². The highest BCUT2D eigenvalue weighted by Gasteiger charge is 2.26. The van der Waals surface area contributed by atoms with Gasteiger partial charge in [-0.15, -0.1) is 0 Å². The second kappa shape index (κ2) is 8.66. The van der Waals surface area contributed by atoms with Crippen molar-refractivity contribution in [1.29, 1.82) is 0 Å². The van der Waals surface area contributed by atoms with Crippen molar-refractivity contribution in [3.05, 3.63) is 73.8 Å². The number of aromatic carboxylic acids is 1. The smallest absolute Gasteiger partial charge is 0.342 e. The number of aliphatic hydroxyl groups is 1. The first kappa shape index (κ1) is 19.7. The van der Waals surface area contributed by atoms with Crippen LogP contribution in [-0.4, -0.2) is 27.7 Å². The van der Waals surface area contributed by atoms with Crippen molar-refractivity contribution in [3.63, 3.8) is 0 Å². The Bertz CT molecular complexity index is 882. The van der Waals surface area contributed by atoms with Gasteiger partial charge >= 0.3 is 5.97 Å². The third-order valence-corrected chi connectivity index (χ3v) is 3.84. The van der Waals surface area contributed by atoms with Gasteiger partial charge in [-0.05, 0) is 30.7 Å². The first-order valence-electron chi connectivity index (χ1n) is 7.27. The first-order chi connectivity index (χ1) is 12.3. The quantitative estimate of drug-likeness (QED) is 0.404. The van der Waals surface area contributed by atoms with Crippen molar-refractivity contribution < 1.29 is 24.7 Å². The van der Waals surface area contributed by atoms with Gasteiger partial charge in [0.05, 0.1) is 16.6 Å². The Morgan fingerprint density at radius 1 is 1.23 bits per heavy atom. The Morgan fingerprint density at radius 3 is 2.54 bits per heavy atom. The maximum Gasteiger partial charge on any atom is 0.342 e. The number of rotatable bonds is 7. The maximum atomic E-state index is 11.5. The summed E-state index contributed by atoms with van der Waals surface area (Å²) in [6.45, 7) is -0.240. The van der Waals surface area contributed by atoms with Crippen molar-refractivity contribution in [2.75, 3.05) is 6.61 Å². The third-order valence-electron chi connectivity index (χ3n) is 3.31. The lowest BCUT2D eigenvalue weighted by Crippen LogP contribution is -2.06. The minimum Gasteiger partial charge on any atom is -0.477 e. The number of ether oxygens (including phenoxy) is 1. The predicted molar refractivity (Wildman–Crippen MR) is 96.5 cm³/mol. The van der Waals surface area contributed by atoms with E-state index in [9.17, 15) is 20.0 Å². The minimum atomic E-state index is -1.46. The van der Waals surface area contributed by atoms with E-state index in [2.05, 4.69) is 0 Å². The molecule has 0 amide bonds. The van der Waals surface area contributed by atoms with Crippen molar-refractivity contribution >= 4 is 34.9 Å². The largest absolute Gasteiger partial charge is 0.477 e. The molecule has 0 saturated carbocycles. The summed E-state index contributed by atoms with van der Waals surface area (Å²) in [6.07, 6.45) is 2.93. The average Bonchev–Trinajstić information content (AvgIpc) is 2.57. The number of hydrogen-bond acceptors (Lipinski definition) is 5. The normalized spacial score (nSPS) is 10.9. The lowest BCUT2D eigenvalue weighted by atomic mass is 10.0. The standard InChI is InChI=1S/C17H13Cl2NO6/c18-11-4-5-15(14(19)8-11)26-12-7-10(3-1-2-6-21)16(20(24)25)13(9-12)17(22)23/h1-2,4-5,7-9,21H,3,6H2,(H,22,23). The van der Waals surface area contributed by atoms with Gasteiger partial charge in [-0.3, -0.25) is 10.1 Å². The fourth-order valence-electron chi connectivity index (χ4n) is 2.23. The zero-order valence-electron chi connectivity index (χ0n) is 13.2. The molecule has 9 heteroatoms. The van der Waals surface area contributed by atoms with Crippen LogP contribution in [0.1, 0.15) is 15.9 Å². The molecule has 0 aromatic heterocycles. The molecule has 0 saturated heterocycles. The Balaban J connectivity index is 2.53. The number of carbonyl (C=O) groups is 1. The number of carboxylic acids is 1. The summed E-state index contributed by atoms with van der Waals surface area (Å²) in [4.78, 5) is 22.0. The van der Waals surface area contributed by atoms with E-state index in [1.807, 2.05) is 0 Å². The number of aliphatic hydroxyl groups excluding tert-OH is 1. The monoisotopic (exact) mass is 397 g/mol. The van der Waals surface area contributed by atoms with Gasteiger partial charge in [-0.2, -0.15) is 0 Å². The maximum absolute atomic E-state index is 11.5. The van der Waals surface area contributed by atoms with Gasteiger partial charge in [0.2, 0.25) is 0 Å². The molecule has 0 spiro atoms. The van der Waals surface area contributed by atoms with Crippen LogP contribution in [0.15, 0.2) is 42.5 Å². The SMILES string of the molecule is O=C(O)c1cc(Oc2ccc(Cl)cc2Cl)cc(CC=CCO)c1[N+](=O)[O-]. The lowest BCUT2D eigenvalue weighted by Gasteiger charge is -2.11. The molecule has 0 aliphatic carbocycles. The molecule has 7 nitrogen and oxygen atoms in total. The number of halogens is 2. The van der Waals surface area contributed by atoms with E-state index >= 15 is 0 Å². The highest BCUT2D eigenvalue weighted by Crippen LogP contribution is 2.35. The van der Waals surface area contributed by atoms with Crippen molar-refractivity contribution in [1.82, 2.24) is 0 Å². The second-order valence-corrected chi connectivity index (χ2v) is 5.92. The summed E-state index contributed by atoms with van der Waals surface area (Å²) in [5.41, 5.74) is -0.917. The fourth-order valence-corrected chi connectivity index (χ4v) is 2.68. The summed E-state index contributed by atoms with van der Waals surface area (Å²) in [6, 6.07) is 6.91. The molecule has 0 aliphatic rings. The Morgan fingerprint density at radius 2 is 1.96 bits per heavy atom. The van der Waals surface area contributed by atoms with E-state index in [4.69, 9.17) is 33.0 Å². The Hall–Kier alpha value is -2.61. The van der Waals surface area contributed by atoms with Crippen molar-refractivity contribution in [2.45, 2.75) is 6.42 Å². The van der Waals surface area contributed by atoms with Crippen LogP contribution in [0, 0.1) is 10.1 Å². The summed E-state index contributed by atoms with van der Waals surface area (Å²) in [5, 5.41) is 30.1. The number of carboxylic acid groups (broad SMARTS) is 1. The van der Waals surface area contributed by atoms with Crippen LogP contribution in [0.3, 0.4) is 0 Å². The van der Waals surface area contributed by atoms with Gasteiger partial charge in [-0.1, -0.05) is 35.4 Å². The summed E-state index contributed by atoms with van der Waals surface area (Å²) in [7, 11) is 0. The number of nitro benzene ring substituents is 1. The van der Waals surface area contributed by atoms with Gasteiger partial charge in [0.1, 0.15) is 17.1 Å². The number of hydrogen-bond donors (Lipinski definition) is 2. The molecular weight excluding hydrogens is 385 g/mol. The molecule has 2 N–H and O–H groups in total. The van der Waals surface area contributed by atoms with Crippen LogP contribution in [-0.2, 0) is 6.42 Å². The molecule has 26 heavy (non-hydrogen) atoms. The van der Waals surface area contributed by atoms with E-state index in [1.165, 1.54) is 36.4 Å². The highest BCUT2D eigenvalue weighted by atomic mass is 35.5. The Kier molecular flexibility index (Phi) is 6.57. The molecule has 0 unspecified atom stereocenters. The number of allylic oxidation sites excluding steroid dienone is 1. The zero-order valence-corrected chi connectivity index (χ0v) is 14.7. The summed E-state index contributed by atoms with van der Waals surface area (Å²) >= 11 is 11.9. The van der Waals surface area contributed by atoms with Crippen LogP contribution in [0.5, 0.6) is 11.5 Å². The van der Waals surface area contributed by atoms with Crippen molar-refractivity contribution in [3.8, 4) is 11.5 Å². The van der Waals surface area contributed by atoms with E-state index < -0.39 is 22.1 Å². The van der Waals surface area contributed by atoms with Gasteiger partial charge in [0.15, 0.2) is 0 Å². The molecule has 2 aromatic carbocycles. The number of nitro groups is 1. The summed E-state index contributed by atoms with van der Waals surface area (Å²) in [5.74, 6) is -1.17. The Labute approximate surface area is 158 Å². The van der Waals surface area contributed by atoms with Gasteiger partial charge in [0, 0.05) is 16.7 Å². The molecule has 136 valence electrons. The topological polar surface area (TPSA) is 110 Å². The van der Waals surface area contributed by atoms with E-state index in [0.717, 1.165) is 6.07 Å². The first-order valence-corrected chi connectivity index (χ1v) is 8.02. The number of benzene rings is 2. The van der Waals surface area contributed by atoms with Gasteiger partial charge in [0.25, 0.3) is 5.69 Å². The van der Waals surface area contributed by atoms with Crippen LogP contribution in [0.4, 0.5) is 5.69 Å². The van der Waals surface area contributed by atoms with Crippen molar-refractivity contribution in [2.24, 2.45) is 0 Å². The fraction of sp³-hybridized carbons (Fsp3) is 0.118. The predicted octanol–water partition coefficient (Wildman–Crippen LogP) is 4.48. The second-order valence-electron chi connectivity index (χ2n) is 5.08. The van der Waals surface area contributed by atoms with Crippen LogP contribution >= 0.6 is 23.2 Å². The molecule has 0 aliphatic heterocycles. The molecule has 0 heterocycles. The average molecular weight is 398 g/mol. The molecule has 2 rings (SSSR count). The molecule has 0 atom stereocenters. The van der Waals surface area contributed by atoms with Gasteiger partial charge in [-0.25, -0.2) is 4.79 Å². The van der Waals surface area contributed by atoms with E-state index in [-0.39, 0.29) is 35.1 Å². The molecule has 0 bridgehead atoms. The summed E-state index contributed by atoms with van der Waals surface area (Å²) < 4.78 is 5.59.